The van der Waals surface area contributed by atoms with Gasteiger partial charge in [-0.15, -0.1) is 0 Å². The standard InChI is InChI=1S/C17H20N2O2/c1-10(2)13-7-5-6-11(3)16(13)19-17(21)15-9-8-14(18-15)12(4)20/h5-10,18H,1-4H3,(H,19,21). The molecule has 21 heavy (non-hydrogen) atoms. The van der Waals surface area contributed by atoms with Crippen molar-refractivity contribution in [3.05, 3.63) is 52.8 Å². The molecule has 2 aromatic rings. The first-order valence-corrected chi connectivity index (χ1v) is 7.01. The molecule has 0 aliphatic carbocycles. The molecule has 4 heteroatoms. The third-order valence-corrected chi connectivity index (χ3v) is 3.48. The summed E-state index contributed by atoms with van der Waals surface area (Å²) in [5.74, 6) is -0.0110. The van der Waals surface area contributed by atoms with Crippen LogP contribution in [0.5, 0.6) is 0 Å². The Kier molecular flexibility index (Phi) is 4.26. The molecule has 1 aromatic heterocycles. The molecule has 2 N–H and O–H groups in total. The Bertz CT molecular complexity index is 684. The first-order chi connectivity index (χ1) is 9.90. The van der Waals surface area contributed by atoms with Gasteiger partial charge in [0.15, 0.2) is 5.78 Å². The maximum Gasteiger partial charge on any atom is 0.272 e. The molecule has 0 aliphatic rings. The van der Waals surface area contributed by atoms with Crippen molar-refractivity contribution in [3.63, 3.8) is 0 Å². The van der Waals surface area contributed by atoms with Gasteiger partial charge >= 0.3 is 0 Å². The highest BCUT2D eigenvalue weighted by molar-refractivity contribution is 6.05. The molecular formula is C17H20N2O2. The molecule has 0 bridgehead atoms. The fourth-order valence-electron chi connectivity index (χ4n) is 2.26. The van der Waals surface area contributed by atoms with Gasteiger partial charge < -0.3 is 10.3 Å². The number of nitrogens with one attached hydrogen (secondary N) is 2. The fraction of sp³-hybridized carbons (Fsp3) is 0.294. The molecule has 0 atom stereocenters. The van der Waals surface area contributed by atoms with E-state index in [-0.39, 0.29) is 11.7 Å². The van der Waals surface area contributed by atoms with E-state index in [1.807, 2.05) is 25.1 Å². The second-order valence-electron chi connectivity index (χ2n) is 5.49. The number of Topliss-reactive ketones (excluding diaryl/α,β-unsaturated/α-hetero) is 1. The van der Waals surface area contributed by atoms with Crippen LogP contribution in [0.25, 0.3) is 0 Å². The van der Waals surface area contributed by atoms with Gasteiger partial charge in [0.2, 0.25) is 0 Å². The van der Waals surface area contributed by atoms with Crippen molar-refractivity contribution >= 4 is 17.4 Å². The molecule has 110 valence electrons. The summed E-state index contributed by atoms with van der Waals surface area (Å²) in [6.07, 6.45) is 0. The summed E-state index contributed by atoms with van der Waals surface area (Å²) in [4.78, 5) is 26.4. The third kappa shape index (κ3) is 3.21. The van der Waals surface area contributed by atoms with Gasteiger partial charge in [0, 0.05) is 12.6 Å². The molecule has 1 heterocycles. The Hall–Kier alpha value is -2.36. The predicted octanol–water partition coefficient (Wildman–Crippen LogP) is 3.90. The van der Waals surface area contributed by atoms with Crippen molar-refractivity contribution in [2.75, 3.05) is 5.32 Å². The SMILES string of the molecule is CC(=O)c1ccc(C(=O)Nc2c(C)cccc2C(C)C)[nH]1. The van der Waals surface area contributed by atoms with Crippen molar-refractivity contribution in [2.45, 2.75) is 33.6 Å². The van der Waals surface area contributed by atoms with Crippen LogP contribution in [0.15, 0.2) is 30.3 Å². The molecule has 0 fully saturated rings. The number of aryl methyl sites for hydroxylation is 1. The van der Waals surface area contributed by atoms with Gasteiger partial charge in [-0.25, -0.2) is 0 Å². The second-order valence-corrected chi connectivity index (χ2v) is 5.49. The minimum Gasteiger partial charge on any atom is -0.348 e. The van der Waals surface area contributed by atoms with Crippen LogP contribution in [0, 0.1) is 6.92 Å². The number of anilines is 1. The minimum absolute atomic E-state index is 0.0900. The molecule has 0 aliphatic heterocycles. The number of ketones is 1. The van der Waals surface area contributed by atoms with E-state index in [0.717, 1.165) is 16.8 Å². The number of rotatable bonds is 4. The molecule has 0 radical (unpaired) electrons. The van der Waals surface area contributed by atoms with Gasteiger partial charge in [0.1, 0.15) is 5.69 Å². The quantitative estimate of drug-likeness (QED) is 0.836. The van der Waals surface area contributed by atoms with Crippen LogP contribution in [-0.2, 0) is 0 Å². The zero-order valence-electron chi connectivity index (χ0n) is 12.8. The van der Waals surface area contributed by atoms with Crippen LogP contribution < -0.4 is 5.32 Å². The zero-order chi connectivity index (χ0) is 15.6. The van der Waals surface area contributed by atoms with Gasteiger partial charge in [-0.3, -0.25) is 9.59 Å². The largest absolute Gasteiger partial charge is 0.348 e. The Balaban J connectivity index is 2.29. The highest BCUT2D eigenvalue weighted by atomic mass is 16.2. The normalized spacial score (nSPS) is 10.7. The first kappa shape index (κ1) is 15.0. The number of carbonyl (C=O) groups is 2. The summed E-state index contributed by atoms with van der Waals surface area (Å²) < 4.78 is 0. The van der Waals surface area contributed by atoms with E-state index in [2.05, 4.69) is 24.1 Å². The summed E-state index contributed by atoms with van der Waals surface area (Å²) in [7, 11) is 0. The van der Waals surface area contributed by atoms with Crippen LogP contribution in [0.1, 0.15) is 58.8 Å². The predicted molar refractivity (Wildman–Crippen MR) is 84.0 cm³/mol. The van der Waals surface area contributed by atoms with E-state index in [0.29, 0.717) is 17.3 Å². The minimum atomic E-state index is -0.237. The van der Waals surface area contributed by atoms with Crippen LogP contribution in [0.2, 0.25) is 0 Å². The Morgan fingerprint density at radius 3 is 2.33 bits per heavy atom. The van der Waals surface area contributed by atoms with E-state index >= 15 is 0 Å². The Morgan fingerprint density at radius 1 is 1.10 bits per heavy atom. The van der Waals surface area contributed by atoms with Crippen molar-refractivity contribution in [3.8, 4) is 0 Å². The number of aromatic amines is 1. The van der Waals surface area contributed by atoms with Gasteiger partial charge in [0.25, 0.3) is 5.91 Å². The van der Waals surface area contributed by atoms with E-state index in [4.69, 9.17) is 0 Å². The molecule has 0 spiro atoms. The van der Waals surface area contributed by atoms with Crippen molar-refractivity contribution in [2.24, 2.45) is 0 Å². The van der Waals surface area contributed by atoms with Gasteiger partial charge in [-0.05, 0) is 36.1 Å². The molecule has 2 rings (SSSR count). The maximum absolute atomic E-state index is 12.3. The van der Waals surface area contributed by atoms with Gasteiger partial charge in [0.05, 0.1) is 5.69 Å². The Labute approximate surface area is 124 Å². The lowest BCUT2D eigenvalue weighted by molar-refractivity contribution is 0.101. The number of para-hydroxylation sites is 1. The topological polar surface area (TPSA) is 62.0 Å². The molecular weight excluding hydrogens is 264 g/mol. The lowest BCUT2D eigenvalue weighted by Gasteiger charge is -2.16. The Morgan fingerprint density at radius 2 is 1.76 bits per heavy atom. The summed E-state index contributed by atoms with van der Waals surface area (Å²) in [6, 6.07) is 9.22. The first-order valence-electron chi connectivity index (χ1n) is 7.01. The van der Waals surface area contributed by atoms with E-state index in [1.165, 1.54) is 6.92 Å². The van der Waals surface area contributed by atoms with Crippen molar-refractivity contribution in [1.82, 2.24) is 4.98 Å². The number of hydrogen-bond donors (Lipinski definition) is 2. The number of carbonyl (C=O) groups excluding carboxylic acids is 2. The summed E-state index contributed by atoms with van der Waals surface area (Å²) in [6.45, 7) is 7.61. The van der Waals surface area contributed by atoms with Crippen LogP contribution in [0.4, 0.5) is 5.69 Å². The third-order valence-electron chi connectivity index (χ3n) is 3.48. The highest BCUT2D eigenvalue weighted by Crippen LogP contribution is 2.27. The molecule has 1 aromatic carbocycles. The number of hydrogen-bond acceptors (Lipinski definition) is 2. The van der Waals surface area contributed by atoms with Crippen LogP contribution in [0.3, 0.4) is 0 Å². The molecule has 4 nitrogen and oxygen atoms in total. The summed E-state index contributed by atoms with van der Waals surface area (Å²) in [5, 5.41) is 2.95. The molecule has 1 amide bonds. The zero-order valence-corrected chi connectivity index (χ0v) is 12.8. The molecule has 0 unspecified atom stereocenters. The average Bonchev–Trinajstić information content (AvgIpc) is 2.90. The lowest BCUT2D eigenvalue weighted by Crippen LogP contribution is -2.15. The van der Waals surface area contributed by atoms with Crippen LogP contribution >= 0.6 is 0 Å². The van der Waals surface area contributed by atoms with Gasteiger partial charge in [-0.1, -0.05) is 32.0 Å². The number of aromatic nitrogens is 1. The smallest absolute Gasteiger partial charge is 0.272 e. The monoisotopic (exact) mass is 284 g/mol. The lowest BCUT2D eigenvalue weighted by atomic mass is 9.98. The van der Waals surface area contributed by atoms with Crippen LogP contribution in [-0.4, -0.2) is 16.7 Å². The summed E-state index contributed by atoms with van der Waals surface area (Å²) >= 11 is 0. The molecule has 0 saturated heterocycles. The average molecular weight is 284 g/mol. The van der Waals surface area contributed by atoms with Crippen molar-refractivity contribution < 1.29 is 9.59 Å². The van der Waals surface area contributed by atoms with Crippen molar-refractivity contribution in [1.29, 1.82) is 0 Å². The molecule has 0 saturated carbocycles. The van der Waals surface area contributed by atoms with E-state index < -0.39 is 0 Å². The highest BCUT2D eigenvalue weighted by Gasteiger charge is 2.15. The maximum atomic E-state index is 12.3. The number of H-pyrrole nitrogens is 1. The fourth-order valence-corrected chi connectivity index (χ4v) is 2.26. The number of amides is 1. The van der Waals surface area contributed by atoms with E-state index in [9.17, 15) is 9.59 Å². The number of benzene rings is 1. The van der Waals surface area contributed by atoms with E-state index in [1.54, 1.807) is 12.1 Å². The summed E-state index contributed by atoms with van der Waals surface area (Å²) in [5.41, 5.74) is 3.79. The van der Waals surface area contributed by atoms with Gasteiger partial charge in [-0.2, -0.15) is 0 Å². The second kappa shape index (κ2) is 5.95.